The number of fused-ring (bicyclic) bond motifs is 1. The van der Waals surface area contributed by atoms with Crippen LogP contribution in [0.15, 0.2) is 28.0 Å². The van der Waals surface area contributed by atoms with Crippen LogP contribution in [-0.2, 0) is 10.1 Å². The average molecular weight is 279 g/mol. The van der Waals surface area contributed by atoms with Gasteiger partial charge in [0.25, 0.3) is 10.1 Å². The number of rotatable bonds is 2. The van der Waals surface area contributed by atoms with E-state index in [0.717, 1.165) is 23.0 Å². The third-order valence-electron chi connectivity index (χ3n) is 2.33. The summed E-state index contributed by atoms with van der Waals surface area (Å²) < 4.78 is 30.7. The molecule has 6 nitrogen and oxygen atoms in total. The summed E-state index contributed by atoms with van der Waals surface area (Å²) in [5.74, 6) is 0.834. The van der Waals surface area contributed by atoms with Crippen molar-refractivity contribution in [3.8, 4) is 0 Å². The Morgan fingerprint density at radius 1 is 1.41 bits per heavy atom. The van der Waals surface area contributed by atoms with E-state index in [1.807, 2.05) is 6.92 Å². The van der Waals surface area contributed by atoms with Crippen LogP contribution in [0.2, 0.25) is 0 Å². The maximum Gasteiger partial charge on any atom is 0.294 e. The van der Waals surface area contributed by atoms with E-state index >= 15 is 0 Å². The van der Waals surface area contributed by atoms with Crippen LogP contribution in [-0.4, -0.2) is 25.4 Å². The van der Waals surface area contributed by atoms with Gasteiger partial charge in [-0.15, -0.1) is 11.8 Å². The van der Waals surface area contributed by atoms with E-state index in [0.29, 0.717) is 0 Å². The van der Waals surface area contributed by atoms with Gasteiger partial charge in [-0.2, -0.15) is 8.42 Å². The molecule has 1 aromatic carbocycles. The lowest BCUT2D eigenvalue weighted by Gasteiger charge is -2.15. The second kappa shape index (κ2) is 5.69. The summed E-state index contributed by atoms with van der Waals surface area (Å²) in [7, 11) is -4.08. The van der Waals surface area contributed by atoms with Crippen LogP contribution in [0.5, 0.6) is 0 Å². The largest absolute Gasteiger partial charge is 0.361 e. The van der Waals surface area contributed by atoms with E-state index in [9.17, 15) is 8.42 Å². The monoisotopic (exact) mass is 279 g/mol. The lowest BCUT2D eigenvalue weighted by atomic mass is 10.3. The molecule has 98 valence electrons. The molecule has 1 heterocycles. The molecule has 1 aromatic rings. The van der Waals surface area contributed by atoms with Crippen LogP contribution in [0.4, 0.5) is 5.69 Å². The quantitative estimate of drug-likeness (QED) is 0.707. The molecule has 0 saturated carbocycles. The molecule has 1 aliphatic rings. The maximum atomic E-state index is 10.9. The third-order valence-corrected chi connectivity index (χ3v) is 4.26. The average Bonchev–Trinajstić information content (AvgIpc) is 2.58. The summed E-state index contributed by atoms with van der Waals surface area (Å²) in [6, 6.07) is 4.69. The molecule has 7 N–H and O–H groups in total. The summed E-state index contributed by atoms with van der Waals surface area (Å²) in [4.78, 5) is 3.02. The smallest absolute Gasteiger partial charge is 0.294 e. The van der Waals surface area contributed by atoms with E-state index in [-0.39, 0.29) is 17.2 Å². The Hall–Kier alpha value is -0.800. The Bertz CT molecular complexity index is 490. The van der Waals surface area contributed by atoms with Gasteiger partial charge in [0.15, 0.2) is 0 Å². The first kappa shape index (κ1) is 16.2. The van der Waals surface area contributed by atoms with Crippen LogP contribution in [0.3, 0.4) is 0 Å². The highest BCUT2D eigenvalue weighted by Crippen LogP contribution is 2.39. The van der Waals surface area contributed by atoms with Crippen LogP contribution < -0.4 is 17.2 Å². The summed E-state index contributed by atoms with van der Waals surface area (Å²) in [5.41, 5.74) is 1.04. The highest BCUT2D eigenvalue weighted by atomic mass is 32.2. The molecule has 0 radical (unpaired) electrons. The second-order valence-electron chi connectivity index (χ2n) is 3.23. The molecule has 0 fully saturated rings. The molecular formula is C9H17N3O3S2. The molecule has 0 aromatic heterocycles. The van der Waals surface area contributed by atoms with Crippen molar-refractivity contribution in [2.45, 2.75) is 16.7 Å². The molecule has 1 aliphatic heterocycles. The highest BCUT2D eigenvalue weighted by Gasteiger charge is 2.20. The Kier molecular flexibility index (Phi) is 5.43. The molecule has 2 rings (SSSR count). The third kappa shape index (κ3) is 3.11. The van der Waals surface area contributed by atoms with Gasteiger partial charge < -0.3 is 17.2 Å². The van der Waals surface area contributed by atoms with Crippen molar-refractivity contribution in [3.05, 3.63) is 18.2 Å². The predicted octanol–water partition coefficient (Wildman–Crippen LogP) is 2.15. The summed E-state index contributed by atoms with van der Waals surface area (Å²) >= 11 is 1.58. The van der Waals surface area contributed by atoms with Gasteiger partial charge in [-0.3, -0.25) is 4.55 Å². The van der Waals surface area contributed by atoms with Crippen molar-refractivity contribution >= 4 is 27.6 Å². The molecule has 17 heavy (non-hydrogen) atoms. The Balaban J connectivity index is 0.00000128. The van der Waals surface area contributed by atoms with Gasteiger partial charge >= 0.3 is 0 Å². The van der Waals surface area contributed by atoms with Crippen molar-refractivity contribution in [2.75, 3.05) is 17.3 Å². The molecule has 0 saturated heterocycles. The Morgan fingerprint density at radius 2 is 2.06 bits per heavy atom. The number of hydrogen-bond acceptors (Lipinski definition) is 6. The second-order valence-corrected chi connectivity index (χ2v) is 5.64. The summed E-state index contributed by atoms with van der Waals surface area (Å²) in [6.07, 6.45) is 0. The number of thioether (sulfide) groups is 1. The number of benzene rings is 1. The number of hydrogen-bond donors (Lipinski definition) is 3. The lowest BCUT2D eigenvalue weighted by Crippen LogP contribution is -2.17. The lowest BCUT2D eigenvalue weighted by molar-refractivity contribution is 0.483. The molecule has 0 amide bonds. The molecular weight excluding hydrogens is 262 g/mol. The van der Waals surface area contributed by atoms with Gasteiger partial charge in [0, 0.05) is 11.4 Å². The topological polar surface area (TPSA) is 128 Å². The normalized spacial score (nSPS) is 13.6. The minimum atomic E-state index is -4.08. The maximum absolute atomic E-state index is 10.9. The highest BCUT2D eigenvalue weighted by molar-refractivity contribution is 8.00. The Labute approximate surface area is 105 Å². The molecule has 0 bridgehead atoms. The SMILES string of the molecule is CCN1CSc2cc(S(=O)(=O)O)ccc21.N.N. The fourth-order valence-corrected chi connectivity index (χ4v) is 3.26. The number of nitrogens with zero attached hydrogens (tertiary/aromatic N) is 1. The van der Waals surface area contributed by atoms with Crippen molar-refractivity contribution in [2.24, 2.45) is 0 Å². The van der Waals surface area contributed by atoms with E-state index in [1.54, 1.807) is 17.8 Å². The van der Waals surface area contributed by atoms with Gasteiger partial charge in [-0.1, -0.05) is 0 Å². The molecule has 8 heteroatoms. The molecule has 0 unspecified atom stereocenters. The van der Waals surface area contributed by atoms with Crippen molar-refractivity contribution in [3.63, 3.8) is 0 Å². The van der Waals surface area contributed by atoms with Crippen molar-refractivity contribution < 1.29 is 13.0 Å². The zero-order valence-electron chi connectivity index (χ0n) is 9.59. The zero-order chi connectivity index (χ0) is 11.1. The fourth-order valence-electron chi connectivity index (χ4n) is 1.51. The first-order chi connectivity index (χ1) is 7.02. The first-order valence-corrected chi connectivity index (χ1v) is 6.94. The van der Waals surface area contributed by atoms with Crippen LogP contribution in [0, 0.1) is 0 Å². The fraction of sp³-hybridized carbons (Fsp3) is 0.333. The molecule has 0 atom stereocenters. The standard InChI is InChI=1S/C9H11NO3S2.2H3N/c1-2-10-6-14-9-5-7(15(11,12)13)3-4-8(9)10;;/h3-5H,2,6H2,1H3,(H,11,12,13);2*1H3. The van der Waals surface area contributed by atoms with E-state index in [4.69, 9.17) is 4.55 Å². The van der Waals surface area contributed by atoms with Crippen LogP contribution in [0.25, 0.3) is 0 Å². The minimum Gasteiger partial charge on any atom is -0.361 e. The van der Waals surface area contributed by atoms with Gasteiger partial charge in [-0.25, -0.2) is 0 Å². The first-order valence-electron chi connectivity index (χ1n) is 4.51. The number of anilines is 1. The van der Waals surface area contributed by atoms with E-state index < -0.39 is 10.1 Å². The van der Waals surface area contributed by atoms with Crippen LogP contribution in [0.1, 0.15) is 6.92 Å². The van der Waals surface area contributed by atoms with E-state index in [1.165, 1.54) is 12.1 Å². The Morgan fingerprint density at radius 3 is 2.59 bits per heavy atom. The summed E-state index contributed by atoms with van der Waals surface area (Å²) in [6.45, 7) is 2.94. The van der Waals surface area contributed by atoms with Gasteiger partial charge in [-0.05, 0) is 25.1 Å². The van der Waals surface area contributed by atoms with Crippen molar-refractivity contribution in [1.29, 1.82) is 0 Å². The van der Waals surface area contributed by atoms with Gasteiger partial charge in [0.05, 0.1) is 16.5 Å². The summed E-state index contributed by atoms with van der Waals surface area (Å²) in [5, 5.41) is 0. The minimum absolute atomic E-state index is 0. The zero-order valence-corrected chi connectivity index (χ0v) is 11.2. The van der Waals surface area contributed by atoms with Gasteiger partial charge in [0.2, 0.25) is 0 Å². The van der Waals surface area contributed by atoms with Gasteiger partial charge in [0.1, 0.15) is 0 Å². The van der Waals surface area contributed by atoms with E-state index in [2.05, 4.69) is 4.90 Å². The van der Waals surface area contributed by atoms with Crippen molar-refractivity contribution in [1.82, 2.24) is 12.3 Å². The predicted molar refractivity (Wildman–Crippen MR) is 70.0 cm³/mol. The molecule has 0 aliphatic carbocycles. The van der Waals surface area contributed by atoms with Crippen LogP contribution >= 0.6 is 11.8 Å². The molecule has 0 spiro atoms.